The van der Waals surface area contributed by atoms with Gasteiger partial charge in [0, 0.05) is 32.0 Å². The Morgan fingerprint density at radius 2 is 2.00 bits per heavy atom. The Morgan fingerprint density at radius 3 is 2.45 bits per heavy atom. The van der Waals surface area contributed by atoms with Crippen molar-refractivity contribution < 1.29 is 23.4 Å². The second-order valence-corrected chi connectivity index (χ2v) is 6.53. The number of nitrogens with zero attached hydrogens (tertiary/aromatic N) is 1. The van der Waals surface area contributed by atoms with Crippen molar-refractivity contribution in [3.8, 4) is 0 Å². The highest BCUT2D eigenvalue weighted by molar-refractivity contribution is 5.68. The highest BCUT2D eigenvalue weighted by Crippen LogP contribution is 2.39. The number of alkyl halides is 2. The number of hydrogen-bond acceptors (Lipinski definition) is 3. The summed E-state index contributed by atoms with van der Waals surface area (Å²) >= 11 is 0. The van der Waals surface area contributed by atoms with Crippen LogP contribution in [0, 0.1) is 11.8 Å². The molecule has 1 fully saturated rings. The van der Waals surface area contributed by atoms with Gasteiger partial charge >= 0.3 is 6.09 Å². The molecule has 0 radical (unpaired) electrons. The Bertz CT molecular complexity index is 342. The van der Waals surface area contributed by atoms with Crippen molar-refractivity contribution in [3.63, 3.8) is 0 Å². The van der Waals surface area contributed by atoms with Crippen molar-refractivity contribution >= 4 is 6.09 Å². The Kier molecular flexibility index (Phi) is 5.35. The maximum absolute atomic E-state index is 13.9. The largest absolute Gasteiger partial charge is 0.444 e. The van der Waals surface area contributed by atoms with Crippen molar-refractivity contribution in [1.29, 1.82) is 0 Å². The molecule has 1 aliphatic heterocycles. The van der Waals surface area contributed by atoms with Gasteiger partial charge in [0.1, 0.15) is 5.60 Å². The van der Waals surface area contributed by atoms with Crippen molar-refractivity contribution in [1.82, 2.24) is 4.90 Å². The van der Waals surface area contributed by atoms with Crippen LogP contribution in [0.3, 0.4) is 0 Å². The summed E-state index contributed by atoms with van der Waals surface area (Å²) < 4.78 is 33.0. The van der Waals surface area contributed by atoms with Crippen molar-refractivity contribution in [2.24, 2.45) is 11.8 Å². The van der Waals surface area contributed by atoms with Crippen molar-refractivity contribution in [3.05, 3.63) is 0 Å². The number of likely N-dealkylation sites (tertiary alicyclic amines) is 1. The van der Waals surface area contributed by atoms with E-state index in [1.165, 1.54) is 4.90 Å². The fraction of sp³-hybridized carbons (Fsp3) is 0.929. The van der Waals surface area contributed by atoms with Gasteiger partial charge in [-0.25, -0.2) is 13.6 Å². The fourth-order valence-electron chi connectivity index (χ4n) is 2.60. The van der Waals surface area contributed by atoms with Gasteiger partial charge in [0.25, 0.3) is 5.92 Å². The molecule has 6 heteroatoms. The van der Waals surface area contributed by atoms with Gasteiger partial charge in [-0.3, -0.25) is 0 Å². The molecule has 0 aliphatic carbocycles. The normalized spacial score (nSPS) is 24.6. The van der Waals surface area contributed by atoms with Crippen LogP contribution in [0.2, 0.25) is 0 Å². The van der Waals surface area contributed by atoms with Crippen LogP contribution in [0.5, 0.6) is 0 Å². The maximum Gasteiger partial charge on any atom is 0.410 e. The van der Waals surface area contributed by atoms with E-state index in [9.17, 15) is 13.6 Å². The van der Waals surface area contributed by atoms with Crippen LogP contribution in [0.1, 0.15) is 40.5 Å². The van der Waals surface area contributed by atoms with Crippen LogP contribution >= 0.6 is 0 Å². The second-order valence-electron chi connectivity index (χ2n) is 6.53. The van der Waals surface area contributed by atoms with Crippen LogP contribution in [0.15, 0.2) is 0 Å². The zero-order valence-electron chi connectivity index (χ0n) is 12.7. The summed E-state index contributed by atoms with van der Waals surface area (Å²) in [6.45, 7) is 7.05. The average molecular weight is 293 g/mol. The molecule has 2 atom stereocenters. The number of aliphatic hydroxyl groups is 1. The molecular weight excluding hydrogens is 268 g/mol. The molecule has 118 valence electrons. The average Bonchev–Trinajstić information content (AvgIpc) is 2.25. The van der Waals surface area contributed by atoms with E-state index in [0.29, 0.717) is 0 Å². The minimum absolute atomic E-state index is 0.230. The minimum Gasteiger partial charge on any atom is -0.444 e. The van der Waals surface area contributed by atoms with Gasteiger partial charge in [-0.1, -0.05) is 6.92 Å². The summed E-state index contributed by atoms with van der Waals surface area (Å²) in [5.74, 6) is -4.00. The molecule has 0 saturated carbocycles. The minimum atomic E-state index is -2.88. The molecule has 4 nitrogen and oxygen atoms in total. The fourth-order valence-corrected chi connectivity index (χ4v) is 2.60. The monoisotopic (exact) mass is 293 g/mol. The molecule has 1 rings (SSSR count). The van der Waals surface area contributed by atoms with Gasteiger partial charge in [-0.15, -0.1) is 0 Å². The number of carbonyl (C=O) groups is 1. The SMILES string of the molecule is CC1CN(C(=O)OC(C)(C)C)CCC1C(F)(F)CCO. The van der Waals surface area contributed by atoms with E-state index < -0.39 is 36.6 Å². The molecule has 1 heterocycles. The lowest BCUT2D eigenvalue weighted by atomic mass is 9.81. The maximum atomic E-state index is 13.9. The number of hydrogen-bond donors (Lipinski definition) is 1. The van der Waals surface area contributed by atoms with Gasteiger partial charge in [0.15, 0.2) is 0 Å². The summed E-state index contributed by atoms with van der Waals surface area (Å²) in [5, 5.41) is 8.72. The molecule has 20 heavy (non-hydrogen) atoms. The van der Waals surface area contributed by atoms with E-state index in [2.05, 4.69) is 0 Å². The number of amides is 1. The quantitative estimate of drug-likeness (QED) is 0.870. The van der Waals surface area contributed by atoms with Crippen LogP contribution < -0.4 is 0 Å². The zero-order chi connectivity index (χ0) is 15.6. The lowest BCUT2D eigenvalue weighted by Gasteiger charge is -2.40. The number of aliphatic hydroxyl groups excluding tert-OH is 1. The van der Waals surface area contributed by atoms with Crippen molar-refractivity contribution in [2.75, 3.05) is 19.7 Å². The summed E-state index contributed by atoms with van der Waals surface area (Å²) in [6, 6.07) is 0. The van der Waals surface area contributed by atoms with E-state index in [-0.39, 0.29) is 25.4 Å². The molecule has 0 spiro atoms. The molecule has 0 aromatic rings. The standard InChI is InChI=1S/C14H25F2NO3/c1-10-9-17(12(19)20-13(2,3)4)7-5-11(10)14(15,16)6-8-18/h10-11,18H,5-9H2,1-4H3. The number of halogens is 2. The first kappa shape index (κ1) is 17.1. The molecular formula is C14H25F2NO3. The summed E-state index contributed by atoms with van der Waals surface area (Å²) in [7, 11) is 0. The number of rotatable bonds is 3. The van der Waals surface area contributed by atoms with Crippen LogP contribution in [-0.4, -0.2) is 47.3 Å². The van der Waals surface area contributed by atoms with Crippen LogP contribution in [0.25, 0.3) is 0 Å². The Morgan fingerprint density at radius 1 is 1.40 bits per heavy atom. The van der Waals surface area contributed by atoms with Gasteiger partial charge in [0.2, 0.25) is 0 Å². The molecule has 2 unspecified atom stereocenters. The Balaban J connectivity index is 2.61. The van der Waals surface area contributed by atoms with E-state index in [4.69, 9.17) is 9.84 Å². The third-order valence-corrected chi connectivity index (χ3v) is 3.54. The predicted molar refractivity (Wildman–Crippen MR) is 71.7 cm³/mol. The molecule has 1 amide bonds. The zero-order valence-corrected chi connectivity index (χ0v) is 12.7. The summed E-state index contributed by atoms with van der Waals surface area (Å²) in [4.78, 5) is 13.4. The Hall–Kier alpha value is -0.910. The number of ether oxygens (including phenoxy) is 1. The van der Waals surface area contributed by atoms with Gasteiger partial charge < -0.3 is 14.7 Å². The molecule has 0 aromatic carbocycles. The molecule has 0 bridgehead atoms. The van der Waals surface area contributed by atoms with Crippen molar-refractivity contribution in [2.45, 2.75) is 52.1 Å². The van der Waals surface area contributed by atoms with Crippen LogP contribution in [-0.2, 0) is 4.74 Å². The van der Waals surface area contributed by atoms with E-state index >= 15 is 0 Å². The predicted octanol–water partition coefficient (Wildman–Crippen LogP) is 2.90. The first-order valence-electron chi connectivity index (χ1n) is 7.03. The lowest BCUT2D eigenvalue weighted by molar-refractivity contribution is -0.111. The van der Waals surface area contributed by atoms with E-state index in [0.717, 1.165) is 0 Å². The summed E-state index contributed by atoms with van der Waals surface area (Å²) in [6.07, 6.45) is -0.740. The lowest BCUT2D eigenvalue weighted by Crippen LogP contribution is -2.49. The Labute approximate surface area is 119 Å². The summed E-state index contributed by atoms with van der Waals surface area (Å²) in [5.41, 5.74) is -0.585. The molecule has 1 saturated heterocycles. The molecule has 1 N–H and O–H groups in total. The second kappa shape index (κ2) is 6.24. The highest BCUT2D eigenvalue weighted by Gasteiger charge is 2.45. The van der Waals surface area contributed by atoms with Crippen LogP contribution in [0.4, 0.5) is 13.6 Å². The number of carbonyl (C=O) groups excluding carboxylic acids is 1. The third kappa shape index (κ3) is 4.58. The van der Waals surface area contributed by atoms with Gasteiger partial charge in [-0.05, 0) is 33.1 Å². The third-order valence-electron chi connectivity index (χ3n) is 3.54. The topological polar surface area (TPSA) is 49.8 Å². The van der Waals surface area contributed by atoms with E-state index in [1.807, 2.05) is 0 Å². The smallest absolute Gasteiger partial charge is 0.410 e. The molecule has 0 aromatic heterocycles. The molecule has 1 aliphatic rings. The number of piperidine rings is 1. The first-order valence-corrected chi connectivity index (χ1v) is 7.03. The van der Waals surface area contributed by atoms with Gasteiger partial charge in [-0.2, -0.15) is 0 Å². The van der Waals surface area contributed by atoms with E-state index in [1.54, 1.807) is 27.7 Å². The highest BCUT2D eigenvalue weighted by atomic mass is 19.3. The first-order chi connectivity index (χ1) is 9.07. The van der Waals surface area contributed by atoms with Gasteiger partial charge in [0.05, 0.1) is 0 Å².